The first-order valence-corrected chi connectivity index (χ1v) is 7.89. The monoisotopic (exact) mass is 303 g/mol. The second-order valence-electron chi connectivity index (χ2n) is 6.33. The molecule has 1 aliphatic rings. The van der Waals surface area contributed by atoms with Gasteiger partial charge in [-0.05, 0) is 37.0 Å². The van der Waals surface area contributed by atoms with Crippen LogP contribution in [-0.4, -0.2) is 17.9 Å². The topological polar surface area (TPSA) is 84.2 Å². The summed E-state index contributed by atoms with van der Waals surface area (Å²) in [5, 5.41) is 5.80. The van der Waals surface area contributed by atoms with Gasteiger partial charge < -0.3 is 16.4 Å². The Morgan fingerprint density at radius 3 is 2.45 bits per heavy atom. The smallest absolute Gasteiger partial charge is 0.226 e. The second kappa shape index (κ2) is 7.40. The summed E-state index contributed by atoms with van der Waals surface area (Å²) in [5.41, 5.74) is 7.62. The quantitative estimate of drug-likeness (QED) is 0.778. The highest BCUT2D eigenvalue weighted by molar-refractivity contribution is 5.92. The van der Waals surface area contributed by atoms with E-state index in [1.807, 2.05) is 38.1 Å². The molecule has 0 aromatic heterocycles. The van der Waals surface area contributed by atoms with Crippen LogP contribution in [0.4, 0.5) is 5.69 Å². The van der Waals surface area contributed by atoms with Gasteiger partial charge in [0.15, 0.2) is 0 Å². The van der Waals surface area contributed by atoms with Crippen LogP contribution < -0.4 is 16.4 Å². The van der Waals surface area contributed by atoms with Crippen molar-refractivity contribution in [1.82, 2.24) is 5.32 Å². The van der Waals surface area contributed by atoms with Crippen molar-refractivity contribution in [3.05, 3.63) is 29.8 Å². The molecule has 0 aliphatic heterocycles. The number of hydrogen-bond donors (Lipinski definition) is 3. The first-order chi connectivity index (χ1) is 10.5. The molecular formula is C17H25N3O2. The largest absolute Gasteiger partial charge is 0.352 e. The Balaban J connectivity index is 1.81. The molecule has 22 heavy (non-hydrogen) atoms. The fourth-order valence-corrected chi connectivity index (χ4v) is 2.58. The van der Waals surface area contributed by atoms with E-state index in [2.05, 4.69) is 10.6 Å². The zero-order chi connectivity index (χ0) is 16.1. The number of amides is 2. The van der Waals surface area contributed by atoms with E-state index in [1.165, 1.54) is 0 Å². The predicted octanol–water partition coefficient (Wildman–Crippen LogP) is 2.02. The average Bonchev–Trinajstić information content (AvgIpc) is 2.92. The molecule has 2 unspecified atom stereocenters. The molecule has 4 N–H and O–H groups in total. The lowest BCUT2D eigenvalue weighted by Gasteiger charge is -2.12. The summed E-state index contributed by atoms with van der Waals surface area (Å²) in [5.74, 6) is 0.0973. The van der Waals surface area contributed by atoms with Crippen molar-refractivity contribution < 1.29 is 9.59 Å². The summed E-state index contributed by atoms with van der Waals surface area (Å²) in [6.07, 6.45) is 2.60. The number of hydrogen-bond acceptors (Lipinski definition) is 3. The lowest BCUT2D eigenvalue weighted by Crippen LogP contribution is -2.30. The van der Waals surface area contributed by atoms with E-state index in [-0.39, 0.29) is 29.7 Å². The summed E-state index contributed by atoms with van der Waals surface area (Å²) in [6, 6.07) is 7.70. The van der Waals surface area contributed by atoms with Crippen molar-refractivity contribution in [3.63, 3.8) is 0 Å². The van der Waals surface area contributed by atoms with Crippen molar-refractivity contribution in [1.29, 1.82) is 0 Å². The molecule has 5 nitrogen and oxygen atoms in total. The molecule has 1 aliphatic carbocycles. The van der Waals surface area contributed by atoms with Crippen LogP contribution in [0.5, 0.6) is 0 Å². The fourth-order valence-electron chi connectivity index (χ4n) is 2.58. The number of nitrogens with one attached hydrogen (secondary N) is 2. The number of rotatable bonds is 5. The van der Waals surface area contributed by atoms with Crippen LogP contribution in [0.3, 0.4) is 0 Å². The molecule has 2 rings (SSSR count). The van der Waals surface area contributed by atoms with E-state index in [1.54, 1.807) is 0 Å². The van der Waals surface area contributed by atoms with Gasteiger partial charge in [-0.1, -0.05) is 26.0 Å². The van der Waals surface area contributed by atoms with Crippen LogP contribution >= 0.6 is 0 Å². The van der Waals surface area contributed by atoms with Crippen LogP contribution in [0.1, 0.15) is 38.7 Å². The minimum absolute atomic E-state index is 0.00127. The highest BCUT2D eigenvalue weighted by Gasteiger charge is 2.27. The van der Waals surface area contributed by atoms with Gasteiger partial charge in [-0.3, -0.25) is 9.59 Å². The third-order valence-corrected chi connectivity index (χ3v) is 4.06. The normalized spacial score (nSPS) is 20.9. The molecule has 0 radical (unpaired) electrons. The Morgan fingerprint density at radius 2 is 1.91 bits per heavy atom. The molecule has 1 aromatic carbocycles. The Labute approximate surface area is 131 Å². The Kier molecular flexibility index (Phi) is 5.55. The zero-order valence-corrected chi connectivity index (χ0v) is 13.3. The summed E-state index contributed by atoms with van der Waals surface area (Å²) < 4.78 is 0. The van der Waals surface area contributed by atoms with Gasteiger partial charge in [-0.15, -0.1) is 0 Å². The standard InChI is InChI=1S/C17H25N3O2/c1-11(2)16(21)20-15-7-3-12(4-8-15)10-19-17(22)13-5-6-14(18)9-13/h3-4,7-8,11,13-14H,5-6,9-10,18H2,1-2H3,(H,19,22)(H,20,21). The number of nitrogens with two attached hydrogens (primary N) is 1. The third-order valence-electron chi connectivity index (χ3n) is 4.06. The molecule has 2 atom stereocenters. The first kappa shape index (κ1) is 16.5. The predicted molar refractivity (Wildman–Crippen MR) is 87.1 cm³/mol. The highest BCUT2D eigenvalue weighted by Crippen LogP contribution is 2.24. The van der Waals surface area contributed by atoms with Gasteiger partial charge >= 0.3 is 0 Å². The van der Waals surface area contributed by atoms with Crippen molar-refractivity contribution in [3.8, 4) is 0 Å². The highest BCUT2D eigenvalue weighted by atomic mass is 16.2. The number of anilines is 1. The maximum atomic E-state index is 12.0. The minimum atomic E-state index is -0.0447. The Bertz CT molecular complexity index is 525. The molecule has 2 amide bonds. The van der Waals surface area contributed by atoms with Gasteiger partial charge in [0.2, 0.25) is 11.8 Å². The van der Waals surface area contributed by atoms with E-state index in [4.69, 9.17) is 5.73 Å². The van der Waals surface area contributed by atoms with Gasteiger partial charge in [-0.2, -0.15) is 0 Å². The minimum Gasteiger partial charge on any atom is -0.352 e. The summed E-state index contributed by atoms with van der Waals surface area (Å²) in [4.78, 5) is 23.6. The molecule has 1 saturated carbocycles. The molecule has 0 spiro atoms. The fraction of sp³-hybridized carbons (Fsp3) is 0.529. The third kappa shape index (κ3) is 4.56. The van der Waals surface area contributed by atoms with Crippen LogP contribution in [0.25, 0.3) is 0 Å². The van der Waals surface area contributed by atoms with Gasteiger partial charge in [-0.25, -0.2) is 0 Å². The van der Waals surface area contributed by atoms with E-state index in [0.29, 0.717) is 6.54 Å². The second-order valence-corrected chi connectivity index (χ2v) is 6.33. The van der Waals surface area contributed by atoms with E-state index >= 15 is 0 Å². The Hall–Kier alpha value is -1.88. The van der Waals surface area contributed by atoms with Crippen molar-refractivity contribution in [2.75, 3.05) is 5.32 Å². The summed E-state index contributed by atoms with van der Waals surface area (Å²) in [7, 11) is 0. The van der Waals surface area contributed by atoms with Crippen LogP contribution in [0.2, 0.25) is 0 Å². The summed E-state index contributed by atoms with van der Waals surface area (Å²) in [6.45, 7) is 4.21. The summed E-state index contributed by atoms with van der Waals surface area (Å²) >= 11 is 0. The number of benzene rings is 1. The maximum absolute atomic E-state index is 12.0. The molecular weight excluding hydrogens is 278 g/mol. The van der Waals surface area contributed by atoms with Crippen LogP contribution in [0.15, 0.2) is 24.3 Å². The van der Waals surface area contributed by atoms with Gasteiger partial charge in [0.1, 0.15) is 0 Å². The van der Waals surface area contributed by atoms with Gasteiger partial charge in [0, 0.05) is 30.1 Å². The van der Waals surface area contributed by atoms with Crippen LogP contribution in [0, 0.1) is 11.8 Å². The zero-order valence-electron chi connectivity index (χ0n) is 13.3. The molecule has 120 valence electrons. The first-order valence-electron chi connectivity index (χ1n) is 7.89. The van der Waals surface area contributed by atoms with Crippen molar-refractivity contribution in [2.24, 2.45) is 17.6 Å². The molecule has 5 heteroatoms. The lowest BCUT2D eigenvalue weighted by molar-refractivity contribution is -0.125. The van der Waals surface area contributed by atoms with Crippen molar-refractivity contribution >= 4 is 17.5 Å². The van der Waals surface area contributed by atoms with E-state index < -0.39 is 0 Å². The Morgan fingerprint density at radius 1 is 1.23 bits per heavy atom. The average molecular weight is 303 g/mol. The molecule has 0 bridgehead atoms. The number of carbonyl (C=O) groups is 2. The molecule has 0 saturated heterocycles. The molecule has 1 aromatic rings. The van der Waals surface area contributed by atoms with Crippen molar-refractivity contribution in [2.45, 2.75) is 45.7 Å². The van der Waals surface area contributed by atoms with Crippen LogP contribution in [-0.2, 0) is 16.1 Å². The molecule has 0 heterocycles. The molecule has 1 fully saturated rings. The maximum Gasteiger partial charge on any atom is 0.226 e. The van der Waals surface area contributed by atoms with Gasteiger partial charge in [0.05, 0.1) is 0 Å². The number of carbonyl (C=O) groups excluding carboxylic acids is 2. The lowest BCUT2D eigenvalue weighted by atomic mass is 10.1. The SMILES string of the molecule is CC(C)C(=O)Nc1ccc(CNC(=O)C2CCC(N)C2)cc1. The van der Waals surface area contributed by atoms with Gasteiger partial charge in [0.25, 0.3) is 0 Å². The van der Waals surface area contributed by atoms with E-state index in [0.717, 1.165) is 30.5 Å². The van der Waals surface area contributed by atoms with E-state index in [9.17, 15) is 9.59 Å².